The number of likely N-dealkylation sites (tertiary alicyclic amines) is 1. The standard InChI is InChI=1S/C25H27FN4O2/c1-16-14-29(15-28-16)22-10-4-18(13-23(22)32-3)12-20-7-11-24(31)30(25(20)27)17(2)19-5-8-21(26)9-6-19/h4-6,8-10,12-13,15-17,27H,7,11,14H2,1-3H3/b20-12+,27-25?. The van der Waals surface area contributed by atoms with Gasteiger partial charge in [0.1, 0.15) is 17.4 Å². The maximum Gasteiger partial charge on any atom is 0.229 e. The Bertz CT molecular complexity index is 1090. The Labute approximate surface area is 187 Å². The van der Waals surface area contributed by atoms with Crippen LogP contribution in [0.4, 0.5) is 10.1 Å². The lowest BCUT2D eigenvalue weighted by Gasteiger charge is -2.34. The molecule has 2 unspecified atom stereocenters. The van der Waals surface area contributed by atoms with Gasteiger partial charge in [-0.1, -0.05) is 18.2 Å². The van der Waals surface area contributed by atoms with Crippen molar-refractivity contribution >= 4 is 29.8 Å². The first-order valence-corrected chi connectivity index (χ1v) is 10.7. The molecule has 1 saturated heterocycles. The highest BCUT2D eigenvalue weighted by atomic mass is 19.1. The first kappa shape index (κ1) is 21.7. The summed E-state index contributed by atoms with van der Waals surface area (Å²) in [4.78, 5) is 20.6. The van der Waals surface area contributed by atoms with Gasteiger partial charge >= 0.3 is 0 Å². The number of hydrogen-bond acceptors (Lipinski definition) is 5. The summed E-state index contributed by atoms with van der Waals surface area (Å²) in [7, 11) is 1.64. The van der Waals surface area contributed by atoms with E-state index in [0.29, 0.717) is 12.8 Å². The van der Waals surface area contributed by atoms with Gasteiger partial charge in [0.25, 0.3) is 0 Å². The number of benzene rings is 2. The molecule has 6 nitrogen and oxygen atoms in total. The molecule has 0 bridgehead atoms. The third-order valence-electron chi connectivity index (χ3n) is 5.94. The number of amides is 1. The van der Waals surface area contributed by atoms with Crippen molar-refractivity contribution in [1.29, 1.82) is 5.41 Å². The van der Waals surface area contributed by atoms with Gasteiger partial charge in [0.05, 0.1) is 31.2 Å². The van der Waals surface area contributed by atoms with Gasteiger partial charge in [-0.2, -0.15) is 0 Å². The van der Waals surface area contributed by atoms with Crippen molar-refractivity contribution in [3.05, 3.63) is 65.0 Å². The van der Waals surface area contributed by atoms with Gasteiger partial charge in [0.2, 0.25) is 5.91 Å². The predicted molar refractivity (Wildman–Crippen MR) is 125 cm³/mol. The number of ether oxygens (including phenoxy) is 1. The highest BCUT2D eigenvalue weighted by molar-refractivity contribution is 6.11. The zero-order valence-electron chi connectivity index (χ0n) is 18.5. The minimum absolute atomic E-state index is 0.0978. The fourth-order valence-electron chi connectivity index (χ4n) is 4.16. The number of carbonyl (C=O) groups is 1. The molecule has 2 aromatic carbocycles. The lowest BCUT2D eigenvalue weighted by Crippen LogP contribution is -2.42. The number of nitrogens with one attached hydrogen (secondary N) is 1. The van der Waals surface area contributed by atoms with E-state index in [9.17, 15) is 9.18 Å². The second-order valence-electron chi connectivity index (χ2n) is 8.21. The molecular formula is C25H27FN4O2. The van der Waals surface area contributed by atoms with Crippen LogP contribution in [0.25, 0.3) is 6.08 Å². The second kappa shape index (κ2) is 8.94. The Morgan fingerprint density at radius 3 is 2.62 bits per heavy atom. The summed E-state index contributed by atoms with van der Waals surface area (Å²) in [6, 6.07) is 11.9. The lowest BCUT2D eigenvalue weighted by atomic mass is 9.96. The minimum Gasteiger partial charge on any atom is -0.495 e. The topological polar surface area (TPSA) is 69.0 Å². The normalized spacial score (nSPS) is 20.9. The van der Waals surface area contributed by atoms with Crippen molar-refractivity contribution in [1.82, 2.24) is 4.90 Å². The van der Waals surface area contributed by atoms with E-state index in [2.05, 4.69) is 16.8 Å². The van der Waals surface area contributed by atoms with Crippen molar-refractivity contribution in [3.8, 4) is 5.75 Å². The quantitative estimate of drug-likeness (QED) is 0.734. The second-order valence-corrected chi connectivity index (χ2v) is 8.21. The van der Waals surface area contributed by atoms with Gasteiger partial charge in [-0.15, -0.1) is 0 Å². The van der Waals surface area contributed by atoms with E-state index >= 15 is 0 Å². The number of rotatable bonds is 5. The van der Waals surface area contributed by atoms with E-state index in [0.717, 1.165) is 34.7 Å². The lowest BCUT2D eigenvalue weighted by molar-refractivity contribution is -0.129. The molecule has 1 amide bonds. The molecule has 166 valence electrons. The van der Waals surface area contributed by atoms with Crippen LogP contribution in [0.3, 0.4) is 0 Å². The molecule has 2 heterocycles. The van der Waals surface area contributed by atoms with Gasteiger partial charge in [-0.3, -0.25) is 20.1 Å². The monoisotopic (exact) mass is 434 g/mol. The molecule has 4 rings (SSSR count). The Hall–Kier alpha value is -3.48. The number of anilines is 1. The van der Waals surface area contributed by atoms with Crippen LogP contribution in [-0.2, 0) is 4.79 Å². The number of halogens is 1. The summed E-state index contributed by atoms with van der Waals surface area (Å²) in [6.45, 7) is 4.73. The highest BCUT2D eigenvalue weighted by Gasteiger charge is 2.31. The van der Waals surface area contributed by atoms with Crippen LogP contribution < -0.4 is 9.64 Å². The average molecular weight is 435 g/mol. The zero-order valence-corrected chi connectivity index (χ0v) is 18.5. The molecule has 32 heavy (non-hydrogen) atoms. The van der Waals surface area contributed by atoms with Gasteiger partial charge in [0.15, 0.2) is 0 Å². The largest absolute Gasteiger partial charge is 0.495 e. The molecule has 0 radical (unpaired) electrons. The number of amidine groups is 1. The summed E-state index contributed by atoms with van der Waals surface area (Å²) in [6.07, 6.45) is 4.60. The molecule has 0 aliphatic carbocycles. The van der Waals surface area contributed by atoms with Crippen LogP contribution in [0.2, 0.25) is 0 Å². The third-order valence-corrected chi connectivity index (χ3v) is 5.94. The van der Waals surface area contributed by atoms with E-state index in [1.807, 2.05) is 37.5 Å². The predicted octanol–water partition coefficient (Wildman–Crippen LogP) is 4.82. The van der Waals surface area contributed by atoms with E-state index < -0.39 is 0 Å². The Kier molecular flexibility index (Phi) is 6.08. The van der Waals surface area contributed by atoms with E-state index in [4.69, 9.17) is 10.1 Å². The summed E-state index contributed by atoms with van der Waals surface area (Å²) in [5, 5.41) is 8.71. The smallest absolute Gasteiger partial charge is 0.229 e. The van der Waals surface area contributed by atoms with Crippen LogP contribution in [0.1, 0.15) is 43.9 Å². The van der Waals surface area contributed by atoms with E-state index in [-0.39, 0.29) is 29.6 Å². The number of piperidine rings is 1. The average Bonchev–Trinajstić information content (AvgIpc) is 3.22. The summed E-state index contributed by atoms with van der Waals surface area (Å²) < 4.78 is 18.9. The van der Waals surface area contributed by atoms with Crippen molar-refractivity contribution in [2.45, 2.75) is 38.8 Å². The molecule has 0 saturated carbocycles. The van der Waals surface area contributed by atoms with Gasteiger partial charge in [-0.05, 0) is 67.3 Å². The SMILES string of the molecule is COc1cc(/C=C2\CCC(=O)N(C(C)c3ccc(F)cc3)C2=N)ccc1N1C=NC(C)C1. The number of nitrogens with zero attached hydrogens (tertiary/aromatic N) is 3. The molecular weight excluding hydrogens is 407 g/mol. The van der Waals surface area contributed by atoms with Crippen LogP contribution >= 0.6 is 0 Å². The number of hydrogen-bond donors (Lipinski definition) is 1. The van der Waals surface area contributed by atoms with Crippen molar-refractivity contribution in [3.63, 3.8) is 0 Å². The Morgan fingerprint density at radius 2 is 1.97 bits per heavy atom. The number of aliphatic imine (C=N–C) groups is 1. The summed E-state index contributed by atoms with van der Waals surface area (Å²) in [5.74, 6) is 0.490. The molecule has 2 atom stereocenters. The van der Waals surface area contributed by atoms with Crippen LogP contribution in [0.15, 0.2) is 53.0 Å². The Balaban J connectivity index is 1.59. The van der Waals surface area contributed by atoms with Crippen LogP contribution in [0, 0.1) is 11.2 Å². The maximum atomic E-state index is 13.3. The molecule has 0 aromatic heterocycles. The van der Waals surface area contributed by atoms with Crippen LogP contribution in [-0.4, -0.2) is 42.7 Å². The fourth-order valence-corrected chi connectivity index (χ4v) is 4.16. The maximum absolute atomic E-state index is 13.3. The first-order chi connectivity index (χ1) is 15.4. The highest BCUT2D eigenvalue weighted by Crippen LogP contribution is 2.33. The van der Waals surface area contributed by atoms with Crippen molar-refractivity contribution in [2.75, 3.05) is 18.6 Å². The molecule has 1 fully saturated rings. The Morgan fingerprint density at radius 1 is 1.22 bits per heavy atom. The van der Waals surface area contributed by atoms with Crippen LogP contribution in [0.5, 0.6) is 5.75 Å². The van der Waals surface area contributed by atoms with E-state index in [1.54, 1.807) is 19.2 Å². The molecule has 1 N–H and O–H groups in total. The molecule has 2 aromatic rings. The molecule has 0 spiro atoms. The van der Waals surface area contributed by atoms with Crippen molar-refractivity contribution in [2.24, 2.45) is 4.99 Å². The zero-order chi connectivity index (χ0) is 22.8. The molecule has 7 heteroatoms. The number of carbonyl (C=O) groups excluding carboxylic acids is 1. The summed E-state index contributed by atoms with van der Waals surface area (Å²) >= 11 is 0. The van der Waals surface area contributed by atoms with Crippen molar-refractivity contribution < 1.29 is 13.9 Å². The third kappa shape index (κ3) is 4.28. The van der Waals surface area contributed by atoms with Gasteiger partial charge in [0, 0.05) is 13.0 Å². The summed E-state index contributed by atoms with van der Waals surface area (Å²) in [5.41, 5.74) is 3.42. The van der Waals surface area contributed by atoms with E-state index in [1.165, 1.54) is 17.0 Å². The first-order valence-electron chi connectivity index (χ1n) is 10.7. The fraction of sp³-hybridized carbons (Fsp3) is 0.320. The molecule has 2 aliphatic heterocycles. The molecule has 2 aliphatic rings. The number of methoxy groups -OCH3 is 1. The van der Waals surface area contributed by atoms with Gasteiger partial charge in [-0.25, -0.2) is 4.39 Å². The van der Waals surface area contributed by atoms with Gasteiger partial charge < -0.3 is 9.64 Å². The minimum atomic E-state index is -0.354.